The molecule has 0 saturated heterocycles. The molecule has 0 unspecified atom stereocenters. The summed E-state index contributed by atoms with van der Waals surface area (Å²) in [6.45, 7) is 0. The number of hydrogen-bond acceptors (Lipinski definition) is 4. The number of Topliss-reactive ketones (excluding diaryl/α,β-unsaturated/α-hetero) is 1. The van der Waals surface area contributed by atoms with Crippen molar-refractivity contribution in [2.24, 2.45) is 0 Å². The van der Waals surface area contributed by atoms with E-state index in [2.05, 4.69) is 4.98 Å². The lowest BCUT2D eigenvalue weighted by atomic mass is 10.1. The number of carbonyl (C=O) groups excluding carboxylic acids is 1. The molecule has 3 nitrogen and oxygen atoms in total. The molecular weight excluding hydrogens is 314 g/mol. The molecule has 0 aliphatic carbocycles. The molecule has 7 heteroatoms. The molecule has 2 aromatic rings. The fourth-order valence-electron chi connectivity index (χ4n) is 1.78. The van der Waals surface area contributed by atoms with Gasteiger partial charge in [0, 0.05) is 18.5 Å². The minimum Gasteiger partial charge on any atom is -0.301 e. The van der Waals surface area contributed by atoms with Gasteiger partial charge in [-0.3, -0.25) is 4.79 Å². The Morgan fingerprint density at radius 2 is 1.95 bits per heavy atom. The van der Waals surface area contributed by atoms with Gasteiger partial charge in [0.15, 0.2) is 0 Å². The van der Waals surface area contributed by atoms with Crippen LogP contribution in [0.4, 0.5) is 8.78 Å². The number of halogens is 2. The minimum absolute atomic E-state index is 0.166. The maximum absolute atomic E-state index is 13.9. The van der Waals surface area contributed by atoms with Gasteiger partial charge in [-0.25, -0.2) is 13.8 Å². The fourth-order valence-corrected chi connectivity index (χ4v) is 3.23. The Bertz CT molecular complexity index is 678. The zero-order valence-electron chi connectivity index (χ0n) is 11.3. The van der Waals surface area contributed by atoms with Crippen molar-refractivity contribution in [3.05, 3.63) is 58.4 Å². The molecule has 0 amide bonds. The van der Waals surface area contributed by atoms with Crippen molar-refractivity contribution in [2.75, 3.05) is 12.5 Å². The predicted molar refractivity (Wildman–Crippen MR) is 83.2 cm³/mol. The van der Waals surface area contributed by atoms with E-state index in [1.54, 1.807) is 6.20 Å². The molecule has 0 spiro atoms. The molecule has 1 aromatic carbocycles. The van der Waals surface area contributed by atoms with Crippen LogP contribution in [0.3, 0.4) is 0 Å². The third-order valence-electron chi connectivity index (χ3n) is 2.72. The first-order valence-electron chi connectivity index (χ1n) is 5.88. The van der Waals surface area contributed by atoms with E-state index in [9.17, 15) is 13.6 Å². The smallest absolute Gasteiger partial charge is 0.214 e. The summed E-state index contributed by atoms with van der Waals surface area (Å²) < 4.78 is 29.1. The summed E-state index contributed by atoms with van der Waals surface area (Å²) in [5.74, 6) is -2.10. The number of rotatable bonds is 5. The van der Waals surface area contributed by atoms with E-state index in [0.717, 1.165) is 16.4 Å². The van der Waals surface area contributed by atoms with E-state index in [-0.39, 0.29) is 5.56 Å². The lowest BCUT2D eigenvalue weighted by molar-refractivity contribution is 0.104. The highest BCUT2D eigenvalue weighted by Gasteiger charge is 2.22. The highest BCUT2D eigenvalue weighted by atomic mass is 32.2. The van der Waals surface area contributed by atoms with Gasteiger partial charge < -0.3 is 4.57 Å². The topological polar surface area (TPSA) is 34.9 Å². The van der Waals surface area contributed by atoms with Crippen LogP contribution in [0.15, 0.2) is 41.2 Å². The molecule has 0 bridgehead atoms. The standard InChI is InChI=1S/C14H12F2N2OS2/c1-20-14(21-2)12(18-6-5-17-8-18)13(19)10-4-3-9(15)7-11(10)16/h3-8H,1-2H3. The number of benzene rings is 1. The van der Waals surface area contributed by atoms with Crippen molar-refractivity contribution in [2.45, 2.75) is 0 Å². The van der Waals surface area contributed by atoms with Gasteiger partial charge in [-0.1, -0.05) is 0 Å². The first-order valence-corrected chi connectivity index (χ1v) is 8.33. The normalized spacial score (nSPS) is 10.5. The Kier molecular flexibility index (Phi) is 5.19. The van der Waals surface area contributed by atoms with Crippen molar-refractivity contribution in [1.29, 1.82) is 0 Å². The first kappa shape index (κ1) is 15.8. The molecule has 110 valence electrons. The lowest BCUT2D eigenvalue weighted by Gasteiger charge is -2.12. The lowest BCUT2D eigenvalue weighted by Crippen LogP contribution is -2.11. The van der Waals surface area contributed by atoms with Crippen molar-refractivity contribution in [1.82, 2.24) is 9.55 Å². The number of ketones is 1. The Labute approximate surface area is 129 Å². The highest BCUT2D eigenvalue weighted by molar-refractivity contribution is 8.22. The van der Waals surface area contributed by atoms with Gasteiger partial charge >= 0.3 is 0 Å². The monoisotopic (exact) mass is 326 g/mol. The summed E-state index contributed by atoms with van der Waals surface area (Å²) in [5.41, 5.74) is 0.138. The van der Waals surface area contributed by atoms with E-state index in [4.69, 9.17) is 0 Å². The van der Waals surface area contributed by atoms with Gasteiger partial charge in [0.2, 0.25) is 5.78 Å². The summed E-state index contributed by atoms with van der Waals surface area (Å²) >= 11 is 2.77. The largest absolute Gasteiger partial charge is 0.301 e. The fraction of sp³-hybridized carbons (Fsp3) is 0.143. The molecular formula is C14H12F2N2OS2. The van der Waals surface area contributed by atoms with E-state index in [0.29, 0.717) is 11.8 Å². The number of aromatic nitrogens is 2. The summed E-state index contributed by atoms with van der Waals surface area (Å²) in [6, 6.07) is 2.93. The van der Waals surface area contributed by atoms with Crippen LogP contribution in [0.5, 0.6) is 0 Å². The number of thioether (sulfide) groups is 2. The zero-order chi connectivity index (χ0) is 15.4. The minimum atomic E-state index is -0.876. The molecule has 0 N–H and O–H groups in total. The third kappa shape index (κ3) is 3.36. The van der Waals surface area contributed by atoms with Crippen LogP contribution in [0.1, 0.15) is 10.4 Å². The Balaban J connectivity index is 2.57. The average molecular weight is 326 g/mol. The second-order valence-corrected chi connectivity index (χ2v) is 5.86. The number of carbonyl (C=O) groups is 1. The van der Waals surface area contributed by atoms with Crippen LogP contribution in [0.2, 0.25) is 0 Å². The van der Waals surface area contributed by atoms with Crippen LogP contribution >= 0.6 is 23.5 Å². The molecule has 0 radical (unpaired) electrons. The number of nitrogens with zero attached hydrogens (tertiary/aromatic N) is 2. The SMILES string of the molecule is CSC(SC)=C(C(=O)c1ccc(F)cc1F)n1ccnc1. The van der Waals surface area contributed by atoms with Gasteiger partial charge in [-0.15, -0.1) is 23.5 Å². The first-order chi connectivity index (χ1) is 10.1. The molecule has 0 aliphatic heterocycles. The summed E-state index contributed by atoms with van der Waals surface area (Å²) in [4.78, 5) is 16.6. The van der Waals surface area contributed by atoms with Crippen molar-refractivity contribution >= 4 is 35.0 Å². The van der Waals surface area contributed by atoms with Gasteiger partial charge in [0.1, 0.15) is 17.3 Å². The zero-order valence-corrected chi connectivity index (χ0v) is 13.0. The van der Waals surface area contributed by atoms with Gasteiger partial charge in [0.25, 0.3) is 0 Å². The van der Waals surface area contributed by atoms with Crippen molar-refractivity contribution in [3.63, 3.8) is 0 Å². The molecule has 21 heavy (non-hydrogen) atoms. The van der Waals surface area contributed by atoms with Crippen molar-refractivity contribution in [3.8, 4) is 0 Å². The molecule has 1 aromatic heterocycles. The molecule has 0 atom stereocenters. The molecule has 2 rings (SSSR count). The summed E-state index contributed by atoms with van der Waals surface area (Å²) in [7, 11) is 0. The van der Waals surface area contributed by atoms with Gasteiger partial charge in [0.05, 0.1) is 16.1 Å². The van der Waals surface area contributed by atoms with Crippen LogP contribution in [0.25, 0.3) is 5.70 Å². The number of hydrogen-bond donors (Lipinski definition) is 0. The van der Waals surface area contributed by atoms with Gasteiger partial charge in [-0.2, -0.15) is 0 Å². The predicted octanol–water partition coefficient (Wildman–Crippen LogP) is 3.90. The maximum Gasteiger partial charge on any atom is 0.214 e. The molecule has 1 heterocycles. The van der Waals surface area contributed by atoms with Crippen LogP contribution in [-0.2, 0) is 0 Å². The maximum atomic E-state index is 13.9. The molecule has 0 fully saturated rings. The van der Waals surface area contributed by atoms with Crippen LogP contribution in [-0.4, -0.2) is 27.8 Å². The molecule has 0 saturated carbocycles. The summed E-state index contributed by atoms with van der Waals surface area (Å²) in [6.07, 6.45) is 8.28. The van der Waals surface area contributed by atoms with Gasteiger partial charge in [-0.05, 0) is 24.6 Å². The van der Waals surface area contributed by atoms with Crippen LogP contribution < -0.4 is 0 Å². The Morgan fingerprint density at radius 1 is 1.24 bits per heavy atom. The molecule has 0 aliphatic rings. The number of allylic oxidation sites excluding steroid dienone is 1. The summed E-state index contributed by atoms with van der Waals surface area (Å²) in [5, 5.41) is 0. The van der Waals surface area contributed by atoms with E-state index < -0.39 is 17.4 Å². The van der Waals surface area contributed by atoms with E-state index >= 15 is 0 Å². The third-order valence-corrected chi connectivity index (χ3v) is 4.85. The second-order valence-electron chi connectivity index (χ2n) is 3.97. The highest BCUT2D eigenvalue weighted by Crippen LogP contribution is 2.32. The Morgan fingerprint density at radius 3 is 2.48 bits per heavy atom. The van der Waals surface area contributed by atoms with Crippen LogP contribution in [0, 0.1) is 11.6 Å². The second kappa shape index (κ2) is 6.91. The Hall–Kier alpha value is -1.60. The average Bonchev–Trinajstić information content (AvgIpc) is 2.97. The van der Waals surface area contributed by atoms with Crippen molar-refractivity contribution < 1.29 is 13.6 Å². The van der Waals surface area contributed by atoms with E-state index in [1.165, 1.54) is 40.6 Å². The van der Waals surface area contributed by atoms with E-state index in [1.807, 2.05) is 12.5 Å². The number of imidazole rings is 1. The quantitative estimate of drug-likeness (QED) is 0.617.